The number of benzene rings is 3. The van der Waals surface area contributed by atoms with Gasteiger partial charge in [-0.3, -0.25) is 4.79 Å². The van der Waals surface area contributed by atoms with Gasteiger partial charge in [-0.1, -0.05) is 41.9 Å². The summed E-state index contributed by atoms with van der Waals surface area (Å²) in [5, 5.41) is 0.594. The Hall–Kier alpha value is -3.31. The molecule has 0 radical (unpaired) electrons. The maximum absolute atomic E-state index is 11.9. The van der Waals surface area contributed by atoms with E-state index >= 15 is 0 Å². The van der Waals surface area contributed by atoms with E-state index in [4.69, 9.17) is 21.1 Å². The highest BCUT2D eigenvalue weighted by Gasteiger charge is 2.16. The minimum absolute atomic E-state index is 0.0657. The fourth-order valence-electron chi connectivity index (χ4n) is 3.12. The summed E-state index contributed by atoms with van der Waals surface area (Å²) in [6, 6.07) is 23.1. The molecule has 5 nitrogen and oxygen atoms in total. The normalized spacial score (nSPS) is 10.8. The fourth-order valence-corrected chi connectivity index (χ4v) is 3.28. The van der Waals surface area contributed by atoms with Crippen molar-refractivity contribution in [2.45, 2.75) is 13.2 Å². The lowest BCUT2D eigenvalue weighted by atomic mass is 10.2. The third-order valence-corrected chi connectivity index (χ3v) is 4.82. The summed E-state index contributed by atoms with van der Waals surface area (Å²) < 4.78 is 12.5. The molecule has 1 aromatic heterocycles. The lowest BCUT2D eigenvalue weighted by molar-refractivity contribution is -0.141. The molecule has 3 aromatic carbocycles. The van der Waals surface area contributed by atoms with Crippen molar-refractivity contribution < 1.29 is 14.3 Å². The molecule has 0 aliphatic heterocycles. The van der Waals surface area contributed by atoms with Gasteiger partial charge in [-0.05, 0) is 48.0 Å². The number of halogens is 1. The van der Waals surface area contributed by atoms with E-state index in [0.29, 0.717) is 17.5 Å². The summed E-state index contributed by atoms with van der Waals surface area (Å²) in [6.07, 6.45) is 0. The number of hydrogen-bond acceptors (Lipinski definition) is 4. The van der Waals surface area contributed by atoms with Crippen LogP contribution in [-0.4, -0.2) is 22.6 Å². The van der Waals surface area contributed by atoms with Crippen molar-refractivity contribution in [2.75, 3.05) is 7.11 Å². The number of carbonyl (C=O) groups excluding carboxylic acids is 1. The molecule has 6 heteroatoms. The monoisotopic (exact) mass is 406 g/mol. The van der Waals surface area contributed by atoms with Crippen molar-refractivity contribution in [1.82, 2.24) is 9.55 Å². The van der Waals surface area contributed by atoms with Gasteiger partial charge in [0.15, 0.2) is 0 Å². The van der Waals surface area contributed by atoms with Gasteiger partial charge in [0, 0.05) is 10.6 Å². The summed E-state index contributed by atoms with van der Waals surface area (Å²) in [6.45, 7) is 0.565. The number of imidazole rings is 1. The van der Waals surface area contributed by atoms with Gasteiger partial charge in [0.05, 0.1) is 18.1 Å². The number of ether oxygens (including phenoxy) is 2. The summed E-state index contributed by atoms with van der Waals surface area (Å²) in [5.41, 5.74) is 3.52. The van der Waals surface area contributed by atoms with Gasteiger partial charge in [-0.2, -0.15) is 0 Å². The first-order valence-corrected chi connectivity index (χ1v) is 9.51. The Morgan fingerprint density at radius 2 is 1.79 bits per heavy atom. The van der Waals surface area contributed by atoms with E-state index in [9.17, 15) is 4.79 Å². The topological polar surface area (TPSA) is 53.4 Å². The van der Waals surface area contributed by atoms with Crippen molar-refractivity contribution in [3.8, 4) is 17.1 Å². The number of hydrogen-bond donors (Lipinski definition) is 0. The molecule has 0 aliphatic carbocycles. The highest BCUT2D eigenvalue weighted by atomic mass is 35.5. The zero-order valence-electron chi connectivity index (χ0n) is 15.8. The second-order valence-corrected chi connectivity index (χ2v) is 6.97. The summed E-state index contributed by atoms with van der Waals surface area (Å²) in [7, 11) is 1.37. The molecule has 0 unspecified atom stereocenters. The lowest BCUT2D eigenvalue weighted by Gasteiger charge is -2.10. The zero-order chi connectivity index (χ0) is 20.2. The first-order valence-electron chi connectivity index (χ1n) is 9.14. The number of fused-ring (bicyclic) bond motifs is 1. The van der Waals surface area contributed by atoms with Crippen molar-refractivity contribution in [3.63, 3.8) is 0 Å². The Morgan fingerprint density at radius 3 is 2.52 bits per heavy atom. The van der Waals surface area contributed by atoms with E-state index in [-0.39, 0.29) is 12.5 Å². The average molecular weight is 407 g/mol. The molecule has 0 N–H and O–H groups in total. The largest absolute Gasteiger partial charge is 0.489 e. The van der Waals surface area contributed by atoms with Gasteiger partial charge in [-0.25, -0.2) is 4.98 Å². The molecule has 0 atom stereocenters. The highest BCUT2D eigenvalue weighted by Crippen LogP contribution is 2.28. The average Bonchev–Trinajstić information content (AvgIpc) is 3.10. The van der Waals surface area contributed by atoms with Crippen molar-refractivity contribution in [1.29, 1.82) is 0 Å². The van der Waals surface area contributed by atoms with Gasteiger partial charge in [-0.15, -0.1) is 0 Å². The number of carbonyl (C=O) groups is 1. The molecule has 0 bridgehead atoms. The van der Waals surface area contributed by atoms with E-state index < -0.39 is 0 Å². The minimum atomic E-state index is -0.344. The van der Waals surface area contributed by atoms with E-state index in [1.807, 2.05) is 65.2 Å². The molecular formula is C23H19ClN2O3. The maximum Gasteiger partial charge on any atom is 0.325 e. The summed E-state index contributed by atoms with van der Waals surface area (Å²) >= 11 is 6.11. The molecule has 4 aromatic rings. The fraction of sp³-hybridized carbons (Fsp3) is 0.130. The smallest absolute Gasteiger partial charge is 0.325 e. The predicted octanol–water partition coefficient (Wildman–Crippen LogP) is 5.11. The first-order chi connectivity index (χ1) is 14.1. The Morgan fingerprint density at radius 1 is 1.03 bits per heavy atom. The molecule has 0 saturated carbocycles. The van der Waals surface area contributed by atoms with Crippen LogP contribution in [0.4, 0.5) is 0 Å². The van der Waals surface area contributed by atoms with Crippen LogP contribution in [0.25, 0.3) is 22.4 Å². The maximum atomic E-state index is 11.9. The van der Waals surface area contributed by atoms with Gasteiger partial charge in [0.25, 0.3) is 0 Å². The van der Waals surface area contributed by atoms with Crippen LogP contribution in [0.5, 0.6) is 5.75 Å². The Kier molecular flexibility index (Phi) is 5.49. The van der Waals surface area contributed by atoms with Crippen LogP contribution in [0, 0.1) is 0 Å². The number of rotatable bonds is 6. The zero-order valence-corrected chi connectivity index (χ0v) is 16.6. The number of methoxy groups -OCH3 is 1. The van der Waals surface area contributed by atoms with Gasteiger partial charge in [0.2, 0.25) is 0 Å². The lowest BCUT2D eigenvalue weighted by Crippen LogP contribution is -2.12. The first kappa shape index (κ1) is 19.0. The van der Waals surface area contributed by atoms with E-state index in [1.165, 1.54) is 7.11 Å². The molecule has 0 amide bonds. The second kappa shape index (κ2) is 8.37. The van der Waals surface area contributed by atoms with Crippen LogP contribution >= 0.6 is 11.6 Å². The third-order valence-electron chi connectivity index (χ3n) is 4.59. The van der Waals surface area contributed by atoms with E-state index in [2.05, 4.69) is 4.98 Å². The summed E-state index contributed by atoms with van der Waals surface area (Å²) in [4.78, 5) is 16.6. The molecule has 4 rings (SSSR count). The Balaban J connectivity index is 1.63. The number of aromatic nitrogens is 2. The van der Waals surface area contributed by atoms with Crippen molar-refractivity contribution in [3.05, 3.63) is 83.4 Å². The second-order valence-electron chi connectivity index (χ2n) is 6.53. The standard InChI is InChI=1S/C23H19ClN2O3/c1-28-22(27)14-26-21-12-9-18(24)13-20(21)25-23(26)17-7-10-19(11-8-17)29-15-16-5-3-2-4-6-16/h2-13H,14-15H2,1H3. The quantitative estimate of drug-likeness (QED) is 0.417. The van der Waals surface area contributed by atoms with Crippen molar-refractivity contribution >= 4 is 28.6 Å². The van der Waals surface area contributed by atoms with Crippen LogP contribution in [0.1, 0.15) is 5.56 Å². The van der Waals surface area contributed by atoms with E-state index in [1.54, 1.807) is 12.1 Å². The number of esters is 1. The third kappa shape index (κ3) is 4.25. The predicted molar refractivity (Wildman–Crippen MR) is 113 cm³/mol. The Bertz CT molecular complexity index is 1140. The molecule has 0 fully saturated rings. The number of nitrogens with zero attached hydrogens (tertiary/aromatic N) is 2. The molecule has 0 aliphatic rings. The Labute approximate surface area is 173 Å². The highest BCUT2D eigenvalue weighted by molar-refractivity contribution is 6.31. The minimum Gasteiger partial charge on any atom is -0.489 e. The molecule has 1 heterocycles. The molecule has 0 spiro atoms. The molecule has 146 valence electrons. The van der Waals surface area contributed by atoms with Gasteiger partial charge >= 0.3 is 5.97 Å². The van der Waals surface area contributed by atoms with Crippen LogP contribution in [0.3, 0.4) is 0 Å². The van der Waals surface area contributed by atoms with Crippen LogP contribution in [0.15, 0.2) is 72.8 Å². The van der Waals surface area contributed by atoms with Crippen LogP contribution < -0.4 is 4.74 Å². The SMILES string of the molecule is COC(=O)Cn1c(-c2ccc(OCc3ccccc3)cc2)nc2cc(Cl)ccc21. The van der Waals surface area contributed by atoms with Gasteiger partial charge < -0.3 is 14.0 Å². The molecular weight excluding hydrogens is 388 g/mol. The molecule has 0 saturated heterocycles. The van der Waals surface area contributed by atoms with Crippen LogP contribution in [0.2, 0.25) is 5.02 Å². The molecule has 29 heavy (non-hydrogen) atoms. The van der Waals surface area contributed by atoms with Crippen LogP contribution in [-0.2, 0) is 22.7 Å². The van der Waals surface area contributed by atoms with E-state index in [0.717, 1.165) is 27.9 Å². The van der Waals surface area contributed by atoms with Gasteiger partial charge in [0.1, 0.15) is 24.7 Å². The van der Waals surface area contributed by atoms with Crippen molar-refractivity contribution in [2.24, 2.45) is 0 Å². The summed E-state index contributed by atoms with van der Waals surface area (Å²) in [5.74, 6) is 1.09.